The molecule has 0 radical (unpaired) electrons. The Hall–Kier alpha value is -3.15. The summed E-state index contributed by atoms with van der Waals surface area (Å²) >= 11 is 1.21. The van der Waals surface area contributed by atoms with E-state index in [4.69, 9.17) is 9.84 Å². The molecule has 0 amide bonds. The van der Waals surface area contributed by atoms with Crippen LogP contribution in [0.25, 0.3) is 27.4 Å². The summed E-state index contributed by atoms with van der Waals surface area (Å²) in [5.41, 5.74) is 0.711. The summed E-state index contributed by atoms with van der Waals surface area (Å²) in [5.74, 6) is 0.271. The first kappa shape index (κ1) is 24.0. The lowest BCUT2D eigenvalue weighted by Gasteiger charge is -2.12. The van der Waals surface area contributed by atoms with Crippen LogP contribution >= 0.6 is 11.3 Å². The van der Waals surface area contributed by atoms with Crippen LogP contribution in [0.4, 0.5) is 13.2 Å². The summed E-state index contributed by atoms with van der Waals surface area (Å²) in [7, 11) is -3.41. The highest BCUT2D eigenvalue weighted by atomic mass is 32.2. The van der Waals surface area contributed by atoms with Crippen molar-refractivity contribution in [2.24, 2.45) is 0 Å². The van der Waals surface area contributed by atoms with Gasteiger partial charge in [-0.3, -0.25) is 0 Å². The Morgan fingerprint density at radius 2 is 1.82 bits per heavy atom. The molecule has 0 aliphatic carbocycles. The molecule has 0 saturated heterocycles. The summed E-state index contributed by atoms with van der Waals surface area (Å²) in [6.45, 7) is -0.283. The molecule has 0 spiro atoms. The molecule has 34 heavy (non-hydrogen) atoms. The van der Waals surface area contributed by atoms with Crippen LogP contribution in [0.15, 0.2) is 70.9 Å². The summed E-state index contributed by atoms with van der Waals surface area (Å²) in [6.07, 6.45) is -3.55. The number of aliphatic hydroxyl groups is 1. The minimum absolute atomic E-state index is 0.0282. The van der Waals surface area contributed by atoms with Crippen LogP contribution in [0.3, 0.4) is 0 Å². The smallest absolute Gasteiger partial charge is 0.435 e. The predicted octanol–water partition coefficient (Wildman–Crippen LogP) is 5.06. The average molecular weight is 509 g/mol. The highest BCUT2D eigenvalue weighted by molar-refractivity contribution is 7.90. The number of aromatic nitrogens is 2. The molecule has 0 fully saturated rings. The van der Waals surface area contributed by atoms with Gasteiger partial charge in [-0.1, -0.05) is 24.3 Å². The van der Waals surface area contributed by atoms with Crippen LogP contribution in [-0.4, -0.2) is 42.8 Å². The van der Waals surface area contributed by atoms with Crippen molar-refractivity contribution in [3.8, 4) is 33.1 Å². The Morgan fingerprint density at radius 1 is 1.06 bits per heavy atom. The van der Waals surface area contributed by atoms with E-state index in [2.05, 4.69) is 5.10 Å². The molecular weight excluding hydrogens is 489 g/mol. The molecule has 0 saturated carbocycles. The number of benzene rings is 2. The monoisotopic (exact) mass is 508 g/mol. The maximum absolute atomic E-state index is 13.5. The number of hydrogen-bond acceptors (Lipinski definition) is 6. The van der Waals surface area contributed by atoms with Crippen LogP contribution in [-0.2, 0) is 16.0 Å². The SMILES string of the molecule is CS(=O)(=O)c1cccc(-c2csc(-c3cc(C(F)(F)F)nn3-c3ccccc3OCCO)c2)c1. The van der Waals surface area contributed by atoms with Crippen molar-refractivity contribution < 1.29 is 31.4 Å². The first-order valence-corrected chi connectivity index (χ1v) is 12.7. The molecule has 0 bridgehead atoms. The fourth-order valence-corrected chi connectivity index (χ4v) is 4.90. The lowest BCUT2D eigenvalue weighted by Crippen LogP contribution is -2.09. The van der Waals surface area contributed by atoms with Gasteiger partial charge >= 0.3 is 6.18 Å². The number of sulfone groups is 1. The Morgan fingerprint density at radius 3 is 2.53 bits per heavy atom. The summed E-state index contributed by atoms with van der Waals surface area (Å²) in [5, 5.41) is 14.6. The molecule has 178 valence electrons. The van der Waals surface area contributed by atoms with Crippen molar-refractivity contribution in [1.29, 1.82) is 0 Å². The number of hydrogen-bond donors (Lipinski definition) is 1. The second-order valence-electron chi connectivity index (χ2n) is 7.36. The van der Waals surface area contributed by atoms with Crippen molar-refractivity contribution in [2.75, 3.05) is 19.5 Å². The summed E-state index contributed by atoms with van der Waals surface area (Å²) in [6, 6.07) is 15.5. The lowest BCUT2D eigenvalue weighted by atomic mass is 10.1. The van der Waals surface area contributed by atoms with Gasteiger partial charge in [0.2, 0.25) is 0 Å². The van der Waals surface area contributed by atoms with E-state index >= 15 is 0 Å². The van der Waals surface area contributed by atoms with Crippen LogP contribution < -0.4 is 4.74 Å². The number of para-hydroxylation sites is 2. The normalized spacial score (nSPS) is 12.1. The van der Waals surface area contributed by atoms with E-state index < -0.39 is 21.7 Å². The molecule has 2 aromatic heterocycles. The van der Waals surface area contributed by atoms with E-state index in [9.17, 15) is 21.6 Å². The molecule has 0 unspecified atom stereocenters. The van der Waals surface area contributed by atoms with E-state index in [1.807, 2.05) is 0 Å². The molecule has 0 aliphatic rings. The van der Waals surface area contributed by atoms with Gasteiger partial charge < -0.3 is 9.84 Å². The van der Waals surface area contributed by atoms with Crippen molar-refractivity contribution in [3.63, 3.8) is 0 Å². The number of aliphatic hydroxyl groups excluding tert-OH is 1. The maximum atomic E-state index is 13.5. The third-order valence-corrected chi connectivity index (χ3v) is 6.95. The van der Waals surface area contributed by atoms with E-state index in [0.29, 0.717) is 16.0 Å². The van der Waals surface area contributed by atoms with Crippen molar-refractivity contribution in [2.45, 2.75) is 11.1 Å². The first-order chi connectivity index (χ1) is 16.1. The number of rotatable bonds is 7. The quantitative estimate of drug-likeness (QED) is 0.377. The van der Waals surface area contributed by atoms with Crippen molar-refractivity contribution in [1.82, 2.24) is 9.78 Å². The molecule has 0 atom stereocenters. The number of ether oxygens (including phenoxy) is 1. The number of thiophene rings is 1. The Labute approximate surface area is 197 Å². The van der Waals surface area contributed by atoms with E-state index in [0.717, 1.165) is 17.0 Å². The van der Waals surface area contributed by atoms with Gasteiger partial charge in [0, 0.05) is 6.26 Å². The highest BCUT2D eigenvalue weighted by Gasteiger charge is 2.35. The molecule has 6 nitrogen and oxygen atoms in total. The zero-order valence-corrected chi connectivity index (χ0v) is 19.4. The van der Waals surface area contributed by atoms with Gasteiger partial charge in [0.05, 0.1) is 22.1 Å². The van der Waals surface area contributed by atoms with Crippen molar-refractivity contribution >= 4 is 21.2 Å². The van der Waals surface area contributed by atoms with E-state index in [1.165, 1.54) is 23.5 Å². The minimum atomic E-state index is -4.66. The van der Waals surface area contributed by atoms with Crippen LogP contribution in [0.2, 0.25) is 0 Å². The molecule has 2 heterocycles. The maximum Gasteiger partial charge on any atom is 0.435 e. The largest absolute Gasteiger partial charge is 0.489 e. The zero-order chi connectivity index (χ0) is 24.5. The Bertz CT molecular complexity index is 1430. The number of alkyl halides is 3. The fourth-order valence-electron chi connectivity index (χ4n) is 3.32. The van der Waals surface area contributed by atoms with Gasteiger partial charge in [0.1, 0.15) is 18.0 Å². The third-order valence-electron chi connectivity index (χ3n) is 4.89. The molecule has 0 aliphatic heterocycles. The van der Waals surface area contributed by atoms with Gasteiger partial charge in [0.25, 0.3) is 0 Å². The molecular formula is C23H19F3N2O4S2. The topological polar surface area (TPSA) is 81.4 Å². The number of halogens is 3. The van der Waals surface area contributed by atoms with Crippen LogP contribution in [0.5, 0.6) is 5.75 Å². The second kappa shape index (κ2) is 9.24. The first-order valence-electron chi connectivity index (χ1n) is 9.97. The average Bonchev–Trinajstić information content (AvgIpc) is 3.45. The van der Waals surface area contributed by atoms with Gasteiger partial charge in [0.15, 0.2) is 15.5 Å². The number of nitrogens with zero attached hydrogens (tertiary/aromatic N) is 2. The Kier molecular flexibility index (Phi) is 6.52. The molecule has 4 aromatic rings. The van der Waals surface area contributed by atoms with Gasteiger partial charge in [-0.05, 0) is 52.9 Å². The Balaban J connectivity index is 1.83. The van der Waals surface area contributed by atoms with E-state index in [-0.39, 0.29) is 35.2 Å². The molecule has 4 rings (SSSR count). The molecule has 2 aromatic carbocycles. The lowest BCUT2D eigenvalue weighted by molar-refractivity contribution is -0.141. The second-order valence-corrected chi connectivity index (χ2v) is 10.3. The van der Waals surface area contributed by atoms with Crippen LogP contribution in [0, 0.1) is 0 Å². The fraction of sp³-hybridized carbons (Fsp3) is 0.174. The summed E-state index contributed by atoms with van der Waals surface area (Å²) in [4.78, 5) is 0.650. The van der Waals surface area contributed by atoms with Crippen molar-refractivity contribution in [3.05, 3.63) is 71.7 Å². The van der Waals surface area contributed by atoms with Gasteiger partial charge in [-0.2, -0.15) is 18.3 Å². The highest BCUT2D eigenvalue weighted by Crippen LogP contribution is 2.39. The molecule has 11 heteroatoms. The zero-order valence-electron chi connectivity index (χ0n) is 17.8. The summed E-state index contributed by atoms with van der Waals surface area (Å²) < 4.78 is 71.1. The van der Waals surface area contributed by atoms with Gasteiger partial charge in [-0.15, -0.1) is 11.3 Å². The standard InChI is InChI=1S/C23H19F3N2O4S2/c1-34(30,31)17-6-4-5-15(11-17)16-12-21(33-14-16)19-13-22(23(24,25)26)27-28(19)18-7-2-3-8-20(18)32-10-9-29/h2-8,11-14,29H,9-10H2,1H3. The minimum Gasteiger partial charge on any atom is -0.489 e. The van der Waals surface area contributed by atoms with Crippen LogP contribution in [0.1, 0.15) is 5.69 Å². The van der Waals surface area contributed by atoms with Gasteiger partial charge in [-0.25, -0.2) is 13.1 Å². The third kappa shape index (κ3) is 5.01. The van der Waals surface area contributed by atoms with E-state index in [1.54, 1.807) is 47.8 Å². The molecule has 1 N–H and O–H groups in total. The predicted molar refractivity (Wildman–Crippen MR) is 123 cm³/mol.